The summed E-state index contributed by atoms with van der Waals surface area (Å²) in [7, 11) is 0. The van der Waals surface area contributed by atoms with Crippen LogP contribution in [0.2, 0.25) is 0 Å². The Morgan fingerprint density at radius 2 is 1.95 bits per heavy atom. The topological polar surface area (TPSA) is 85.1 Å². The monoisotopic (exact) mass is 281 g/mol. The van der Waals surface area contributed by atoms with Gasteiger partial charge in [0.15, 0.2) is 5.69 Å². The molecule has 0 aliphatic heterocycles. The maximum absolute atomic E-state index is 12.4. The number of hydrogen-bond donors (Lipinski definition) is 1. The summed E-state index contributed by atoms with van der Waals surface area (Å²) in [5, 5.41) is 9.62. The lowest BCUT2D eigenvalue weighted by Crippen LogP contribution is -2.22. The number of carbonyl (C=O) groups is 1. The first kappa shape index (κ1) is 13.0. The maximum Gasteiger partial charge on any atom is 0.354 e. The van der Waals surface area contributed by atoms with Gasteiger partial charge < -0.3 is 5.11 Å². The Kier molecular flexibility index (Phi) is 3.19. The first-order valence-electron chi connectivity index (χ1n) is 6.28. The van der Waals surface area contributed by atoms with Crippen LogP contribution in [-0.4, -0.2) is 25.6 Å². The number of rotatable bonds is 3. The third-order valence-electron chi connectivity index (χ3n) is 3.17. The smallest absolute Gasteiger partial charge is 0.354 e. The Hall–Kier alpha value is -3.02. The van der Waals surface area contributed by atoms with Crippen LogP contribution < -0.4 is 5.56 Å². The van der Waals surface area contributed by atoms with Gasteiger partial charge in [-0.15, -0.1) is 0 Å². The van der Waals surface area contributed by atoms with Gasteiger partial charge in [-0.05, 0) is 18.2 Å². The number of aromatic carboxylic acids is 1. The zero-order valence-electron chi connectivity index (χ0n) is 10.9. The van der Waals surface area contributed by atoms with Crippen molar-refractivity contribution in [2.45, 2.75) is 6.54 Å². The molecule has 104 valence electrons. The van der Waals surface area contributed by atoms with Crippen molar-refractivity contribution in [1.29, 1.82) is 0 Å². The first-order chi connectivity index (χ1) is 10.2. The summed E-state index contributed by atoms with van der Waals surface area (Å²) in [6.45, 7) is 0.117. The second-order valence-corrected chi connectivity index (χ2v) is 4.51. The molecular formula is C15H11N3O3. The predicted octanol–water partition coefficient (Wildman–Crippen LogP) is 1.54. The molecule has 0 fully saturated rings. The van der Waals surface area contributed by atoms with Crippen molar-refractivity contribution in [2.75, 3.05) is 0 Å². The van der Waals surface area contributed by atoms with Crippen LogP contribution in [0.5, 0.6) is 0 Å². The fraction of sp³-hybridized carbons (Fsp3) is 0.0667. The zero-order valence-corrected chi connectivity index (χ0v) is 10.9. The van der Waals surface area contributed by atoms with Gasteiger partial charge in [0, 0.05) is 11.8 Å². The fourth-order valence-electron chi connectivity index (χ4n) is 2.16. The second kappa shape index (κ2) is 5.16. The molecule has 0 bridgehead atoms. The Balaban J connectivity index is 2.09. The van der Waals surface area contributed by atoms with Crippen LogP contribution in [0.4, 0.5) is 0 Å². The minimum atomic E-state index is -1.12. The molecule has 1 aromatic carbocycles. The minimum Gasteiger partial charge on any atom is -0.477 e. The van der Waals surface area contributed by atoms with Crippen molar-refractivity contribution in [3.63, 3.8) is 0 Å². The van der Waals surface area contributed by atoms with Crippen LogP contribution in [0, 0.1) is 0 Å². The Labute approximate surface area is 119 Å². The zero-order chi connectivity index (χ0) is 14.8. The van der Waals surface area contributed by atoms with Crippen LogP contribution in [0.15, 0.2) is 53.7 Å². The molecule has 0 aliphatic carbocycles. The second-order valence-electron chi connectivity index (χ2n) is 4.51. The third kappa shape index (κ3) is 2.38. The maximum atomic E-state index is 12.4. The number of carboxylic acids is 1. The standard InChI is InChI=1S/C15H11N3O3/c19-14-11-5-1-2-6-12(11)17-9-18(14)8-10-4-3-7-16-13(10)15(20)21/h1-7,9H,8H2,(H,20,21). The number of nitrogens with zero attached hydrogens (tertiary/aromatic N) is 3. The summed E-state index contributed by atoms with van der Waals surface area (Å²) in [6, 6.07) is 10.3. The summed E-state index contributed by atoms with van der Waals surface area (Å²) in [6.07, 6.45) is 2.83. The lowest BCUT2D eigenvalue weighted by molar-refractivity contribution is 0.0689. The van der Waals surface area contributed by atoms with Crippen LogP contribution in [0.25, 0.3) is 10.9 Å². The van der Waals surface area contributed by atoms with Gasteiger partial charge in [-0.2, -0.15) is 0 Å². The number of aromatic nitrogens is 3. The van der Waals surface area contributed by atoms with Gasteiger partial charge in [0.05, 0.1) is 23.8 Å². The van der Waals surface area contributed by atoms with Gasteiger partial charge in [-0.25, -0.2) is 14.8 Å². The summed E-state index contributed by atoms with van der Waals surface area (Å²) in [4.78, 5) is 31.6. The number of fused-ring (bicyclic) bond motifs is 1. The fourth-order valence-corrected chi connectivity index (χ4v) is 2.16. The molecule has 0 aliphatic rings. The number of para-hydroxylation sites is 1. The predicted molar refractivity (Wildman–Crippen MR) is 76.3 cm³/mol. The summed E-state index contributed by atoms with van der Waals surface area (Å²) < 4.78 is 1.38. The van der Waals surface area contributed by atoms with Crippen LogP contribution >= 0.6 is 0 Å². The molecule has 0 spiro atoms. The molecule has 0 saturated carbocycles. The van der Waals surface area contributed by atoms with Gasteiger partial charge in [-0.1, -0.05) is 18.2 Å². The van der Waals surface area contributed by atoms with Crippen LogP contribution in [0.3, 0.4) is 0 Å². The minimum absolute atomic E-state index is 0.0578. The molecule has 3 aromatic rings. The van der Waals surface area contributed by atoms with Crippen molar-refractivity contribution in [2.24, 2.45) is 0 Å². The molecule has 0 amide bonds. The average molecular weight is 281 g/mol. The SMILES string of the molecule is O=C(O)c1ncccc1Cn1cnc2ccccc2c1=O. The lowest BCUT2D eigenvalue weighted by atomic mass is 10.2. The largest absolute Gasteiger partial charge is 0.477 e. The van der Waals surface area contributed by atoms with Crippen LogP contribution in [-0.2, 0) is 6.54 Å². The van der Waals surface area contributed by atoms with E-state index in [2.05, 4.69) is 9.97 Å². The van der Waals surface area contributed by atoms with E-state index in [0.717, 1.165) is 0 Å². The van der Waals surface area contributed by atoms with Gasteiger partial charge in [0.2, 0.25) is 0 Å². The van der Waals surface area contributed by atoms with Crippen molar-refractivity contribution in [3.05, 3.63) is 70.5 Å². The number of hydrogen-bond acceptors (Lipinski definition) is 4. The van der Waals surface area contributed by atoms with Crippen molar-refractivity contribution in [3.8, 4) is 0 Å². The highest BCUT2D eigenvalue weighted by molar-refractivity contribution is 5.87. The van der Waals surface area contributed by atoms with Crippen molar-refractivity contribution in [1.82, 2.24) is 14.5 Å². The highest BCUT2D eigenvalue weighted by atomic mass is 16.4. The summed E-state index contributed by atoms with van der Waals surface area (Å²) >= 11 is 0. The Morgan fingerprint density at radius 1 is 1.14 bits per heavy atom. The van der Waals surface area contributed by atoms with Gasteiger partial charge >= 0.3 is 5.97 Å². The number of pyridine rings is 1. The molecule has 6 heteroatoms. The molecule has 0 atom stereocenters. The molecule has 3 rings (SSSR count). The van der Waals surface area contributed by atoms with Crippen molar-refractivity contribution < 1.29 is 9.90 Å². The Bertz CT molecular complexity index is 886. The molecule has 2 heterocycles. The normalized spacial score (nSPS) is 10.7. The summed E-state index contributed by atoms with van der Waals surface area (Å²) in [5.74, 6) is -1.12. The highest BCUT2D eigenvalue weighted by Gasteiger charge is 2.12. The number of benzene rings is 1. The van der Waals surface area contributed by atoms with E-state index in [4.69, 9.17) is 5.11 Å². The van der Waals surface area contributed by atoms with E-state index < -0.39 is 5.97 Å². The molecular weight excluding hydrogens is 270 g/mol. The van der Waals surface area contributed by atoms with E-state index in [1.54, 1.807) is 30.3 Å². The van der Waals surface area contributed by atoms with E-state index in [1.165, 1.54) is 17.1 Å². The number of carboxylic acid groups (broad SMARTS) is 1. The summed E-state index contributed by atoms with van der Waals surface area (Å²) in [5.41, 5.74) is 0.811. The van der Waals surface area contributed by atoms with Crippen LogP contribution in [0.1, 0.15) is 16.1 Å². The van der Waals surface area contributed by atoms with Gasteiger partial charge in [0.25, 0.3) is 5.56 Å². The molecule has 0 unspecified atom stereocenters. The third-order valence-corrected chi connectivity index (χ3v) is 3.17. The van der Waals surface area contributed by atoms with E-state index in [9.17, 15) is 9.59 Å². The average Bonchev–Trinajstić information content (AvgIpc) is 2.51. The molecule has 21 heavy (non-hydrogen) atoms. The van der Waals surface area contributed by atoms with E-state index in [1.807, 2.05) is 6.07 Å². The van der Waals surface area contributed by atoms with E-state index in [0.29, 0.717) is 16.5 Å². The van der Waals surface area contributed by atoms with E-state index >= 15 is 0 Å². The molecule has 2 aromatic heterocycles. The highest BCUT2D eigenvalue weighted by Crippen LogP contribution is 2.09. The Morgan fingerprint density at radius 3 is 2.76 bits per heavy atom. The molecule has 6 nitrogen and oxygen atoms in total. The first-order valence-corrected chi connectivity index (χ1v) is 6.28. The quantitative estimate of drug-likeness (QED) is 0.787. The molecule has 0 radical (unpaired) electrons. The molecule has 1 N–H and O–H groups in total. The van der Waals surface area contributed by atoms with Gasteiger partial charge in [-0.3, -0.25) is 9.36 Å². The van der Waals surface area contributed by atoms with Gasteiger partial charge in [0.1, 0.15) is 0 Å². The van der Waals surface area contributed by atoms with Crippen molar-refractivity contribution >= 4 is 16.9 Å². The molecule has 0 saturated heterocycles. The van der Waals surface area contributed by atoms with E-state index in [-0.39, 0.29) is 17.8 Å². The lowest BCUT2D eigenvalue weighted by Gasteiger charge is -2.08.